The molecule has 0 aromatic carbocycles. The fraction of sp³-hybridized carbons (Fsp3) is 0.917. The van der Waals surface area contributed by atoms with Crippen LogP contribution in [0.5, 0.6) is 0 Å². The van der Waals surface area contributed by atoms with E-state index in [-0.39, 0.29) is 24.4 Å². The molecule has 3 unspecified atom stereocenters. The first-order valence-corrected chi connectivity index (χ1v) is 6.25. The standard InChI is InChI=1S/C12H22N2O.ClH/c1-2-9-5-6-14(8-9)12(15)10-3-4-11(13)7-10;/h9-11H,2-8,13H2,1H3;1H. The Labute approximate surface area is 104 Å². The summed E-state index contributed by atoms with van der Waals surface area (Å²) in [6.45, 7) is 4.17. The van der Waals surface area contributed by atoms with Crippen LogP contribution in [0.15, 0.2) is 0 Å². The molecule has 1 saturated heterocycles. The lowest BCUT2D eigenvalue weighted by Crippen LogP contribution is -2.34. The number of carbonyl (C=O) groups is 1. The number of likely N-dealkylation sites (tertiary alicyclic amines) is 1. The molecule has 3 atom stereocenters. The van der Waals surface area contributed by atoms with Crippen LogP contribution < -0.4 is 5.73 Å². The molecule has 0 spiro atoms. The number of hydrogen-bond acceptors (Lipinski definition) is 2. The van der Waals surface area contributed by atoms with Gasteiger partial charge in [-0.15, -0.1) is 12.4 Å². The number of hydrogen-bond donors (Lipinski definition) is 1. The first-order chi connectivity index (χ1) is 7.20. The average Bonchev–Trinajstić information content (AvgIpc) is 2.84. The zero-order chi connectivity index (χ0) is 10.8. The number of halogens is 1. The lowest BCUT2D eigenvalue weighted by atomic mass is 10.1. The van der Waals surface area contributed by atoms with Crippen molar-refractivity contribution in [3.8, 4) is 0 Å². The largest absolute Gasteiger partial charge is 0.342 e. The summed E-state index contributed by atoms with van der Waals surface area (Å²) in [7, 11) is 0. The molecule has 0 radical (unpaired) electrons. The predicted molar refractivity (Wildman–Crippen MR) is 67.5 cm³/mol. The molecule has 0 aromatic heterocycles. The van der Waals surface area contributed by atoms with Gasteiger partial charge in [-0.3, -0.25) is 4.79 Å². The summed E-state index contributed by atoms with van der Waals surface area (Å²) in [5.41, 5.74) is 5.84. The van der Waals surface area contributed by atoms with Crippen LogP contribution in [0.25, 0.3) is 0 Å². The van der Waals surface area contributed by atoms with Crippen LogP contribution in [-0.2, 0) is 4.79 Å². The fourth-order valence-corrected chi connectivity index (χ4v) is 2.86. The third-order valence-corrected chi connectivity index (χ3v) is 4.00. The summed E-state index contributed by atoms with van der Waals surface area (Å²) in [6, 6.07) is 0.267. The zero-order valence-corrected chi connectivity index (χ0v) is 10.8. The normalized spacial score (nSPS) is 33.9. The maximum absolute atomic E-state index is 12.1. The monoisotopic (exact) mass is 246 g/mol. The Morgan fingerprint density at radius 1 is 1.38 bits per heavy atom. The van der Waals surface area contributed by atoms with E-state index in [0.717, 1.165) is 38.3 Å². The number of nitrogens with zero attached hydrogens (tertiary/aromatic N) is 1. The second kappa shape index (κ2) is 5.87. The molecule has 3 nitrogen and oxygen atoms in total. The van der Waals surface area contributed by atoms with Gasteiger partial charge >= 0.3 is 0 Å². The number of nitrogens with two attached hydrogens (primary N) is 1. The van der Waals surface area contributed by atoms with Crippen molar-refractivity contribution in [1.29, 1.82) is 0 Å². The van der Waals surface area contributed by atoms with Crippen molar-refractivity contribution < 1.29 is 4.79 Å². The number of amides is 1. The van der Waals surface area contributed by atoms with Gasteiger partial charge in [-0.2, -0.15) is 0 Å². The summed E-state index contributed by atoms with van der Waals surface area (Å²) >= 11 is 0. The molecule has 2 fully saturated rings. The molecule has 1 heterocycles. The van der Waals surface area contributed by atoms with E-state index in [1.807, 2.05) is 0 Å². The molecule has 1 aliphatic heterocycles. The second-order valence-corrected chi connectivity index (χ2v) is 5.12. The zero-order valence-electron chi connectivity index (χ0n) is 10.0. The molecule has 2 aliphatic rings. The maximum Gasteiger partial charge on any atom is 0.225 e. The van der Waals surface area contributed by atoms with Crippen molar-refractivity contribution in [1.82, 2.24) is 4.90 Å². The SMILES string of the molecule is CCC1CCN(C(=O)C2CCC(N)C2)C1.Cl. The predicted octanol–water partition coefficient (Wildman–Crippen LogP) is 1.79. The fourth-order valence-electron chi connectivity index (χ4n) is 2.86. The highest BCUT2D eigenvalue weighted by molar-refractivity contribution is 5.85. The average molecular weight is 247 g/mol. The first-order valence-electron chi connectivity index (χ1n) is 6.25. The van der Waals surface area contributed by atoms with Crippen LogP contribution >= 0.6 is 12.4 Å². The van der Waals surface area contributed by atoms with E-state index in [9.17, 15) is 4.79 Å². The molecule has 1 saturated carbocycles. The first kappa shape index (κ1) is 13.8. The molecule has 0 aromatic rings. The number of carbonyl (C=O) groups excluding carboxylic acids is 1. The molecule has 16 heavy (non-hydrogen) atoms. The Kier molecular flexibility index (Phi) is 5.06. The summed E-state index contributed by atoms with van der Waals surface area (Å²) in [4.78, 5) is 14.2. The van der Waals surface area contributed by atoms with Gasteiger partial charge in [0.25, 0.3) is 0 Å². The summed E-state index contributed by atoms with van der Waals surface area (Å²) in [5.74, 6) is 1.35. The van der Waals surface area contributed by atoms with Gasteiger partial charge in [-0.25, -0.2) is 0 Å². The van der Waals surface area contributed by atoms with Crippen molar-refractivity contribution in [2.45, 2.75) is 45.1 Å². The molecule has 1 amide bonds. The third-order valence-electron chi connectivity index (χ3n) is 4.00. The number of rotatable bonds is 2. The summed E-state index contributed by atoms with van der Waals surface area (Å²) in [5, 5.41) is 0. The van der Waals surface area contributed by atoms with E-state index in [1.165, 1.54) is 12.8 Å². The Bertz CT molecular complexity index is 247. The van der Waals surface area contributed by atoms with E-state index in [1.54, 1.807) is 0 Å². The molecule has 4 heteroatoms. The van der Waals surface area contributed by atoms with Crippen molar-refractivity contribution in [2.75, 3.05) is 13.1 Å². The Morgan fingerprint density at radius 3 is 2.62 bits per heavy atom. The summed E-state index contributed by atoms with van der Waals surface area (Å²) < 4.78 is 0. The molecule has 94 valence electrons. The summed E-state index contributed by atoms with van der Waals surface area (Å²) in [6.07, 6.45) is 5.34. The van der Waals surface area contributed by atoms with Crippen molar-refractivity contribution in [3.63, 3.8) is 0 Å². The second-order valence-electron chi connectivity index (χ2n) is 5.12. The Balaban J connectivity index is 0.00000128. The quantitative estimate of drug-likeness (QED) is 0.808. The maximum atomic E-state index is 12.1. The van der Waals surface area contributed by atoms with Crippen molar-refractivity contribution >= 4 is 18.3 Å². The van der Waals surface area contributed by atoms with Gasteiger partial charge in [0, 0.05) is 25.0 Å². The molecular formula is C12H23ClN2O. The molecule has 2 rings (SSSR count). The van der Waals surface area contributed by atoms with Crippen molar-refractivity contribution in [3.05, 3.63) is 0 Å². The minimum absolute atomic E-state index is 0. The van der Waals surface area contributed by atoms with Crippen LogP contribution in [0.1, 0.15) is 39.0 Å². The van der Waals surface area contributed by atoms with Gasteiger partial charge in [-0.1, -0.05) is 13.3 Å². The molecule has 0 bridgehead atoms. The van der Waals surface area contributed by atoms with E-state index < -0.39 is 0 Å². The molecular weight excluding hydrogens is 224 g/mol. The van der Waals surface area contributed by atoms with Gasteiger partial charge in [0.1, 0.15) is 0 Å². The minimum atomic E-state index is 0. The van der Waals surface area contributed by atoms with E-state index in [0.29, 0.717) is 5.91 Å². The van der Waals surface area contributed by atoms with Crippen LogP contribution in [0, 0.1) is 11.8 Å². The van der Waals surface area contributed by atoms with E-state index in [4.69, 9.17) is 5.73 Å². The highest BCUT2D eigenvalue weighted by atomic mass is 35.5. The highest BCUT2D eigenvalue weighted by Gasteiger charge is 2.33. The highest BCUT2D eigenvalue weighted by Crippen LogP contribution is 2.28. The molecule has 2 N–H and O–H groups in total. The van der Waals surface area contributed by atoms with Gasteiger partial charge in [-0.05, 0) is 31.6 Å². The lowest BCUT2D eigenvalue weighted by Gasteiger charge is -2.20. The Morgan fingerprint density at radius 2 is 2.12 bits per heavy atom. The van der Waals surface area contributed by atoms with Crippen molar-refractivity contribution in [2.24, 2.45) is 17.6 Å². The van der Waals surface area contributed by atoms with Gasteiger partial charge in [0.15, 0.2) is 0 Å². The Hall–Kier alpha value is -0.280. The molecule has 1 aliphatic carbocycles. The topological polar surface area (TPSA) is 46.3 Å². The van der Waals surface area contributed by atoms with Gasteiger partial charge < -0.3 is 10.6 Å². The van der Waals surface area contributed by atoms with Crippen LogP contribution in [-0.4, -0.2) is 29.9 Å². The van der Waals surface area contributed by atoms with E-state index in [2.05, 4.69) is 11.8 Å². The minimum Gasteiger partial charge on any atom is -0.342 e. The van der Waals surface area contributed by atoms with Gasteiger partial charge in [0.2, 0.25) is 5.91 Å². The van der Waals surface area contributed by atoms with Crippen LogP contribution in [0.4, 0.5) is 0 Å². The van der Waals surface area contributed by atoms with E-state index >= 15 is 0 Å². The van der Waals surface area contributed by atoms with Crippen LogP contribution in [0.2, 0.25) is 0 Å². The third kappa shape index (κ3) is 2.89. The smallest absolute Gasteiger partial charge is 0.225 e. The van der Waals surface area contributed by atoms with Gasteiger partial charge in [0.05, 0.1) is 0 Å². The van der Waals surface area contributed by atoms with Crippen LogP contribution in [0.3, 0.4) is 0 Å². The lowest BCUT2D eigenvalue weighted by molar-refractivity contribution is -0.134.